The third-order valence-corrected chi connectivity index (χ3v) is 6.16. The number of hydrogen-bond donors (Lipinski definition) is 2. The average Bonchev–Trinajstić information content (AvgIpc) is 3.57. The zero-order valence-corrected chi connectivity index (χ0v) is 19.9. The molecule has 3 aromatic carbocycles. The predicted molar refractivity (Wildman–Crippen MR) is 140 cm³/mol. The van der Waals surface area contributed by atoms with Gasteiger partial charge in [-0.3, -0.25) is 4.57 Å². The van der Waals surface area contributed by atoms with Crippen LogP contribution in [0.2, 0.25) is 0 Å². The number of halogens is 1. The number of fused-ring (bicyclic) bond motifs is 2. The maximum Gasteiger partial charge on any atom is 0.182 e. The zero-order chi connectivity index (χ0) is 25.0. The number of H-pyrrole nitrogens is 1. The molecular formula is C28H24FN7O. The molecule has 37 heavy (non-hydrogen) atoms. The van der Waals surface area contributed by atoms with E-state index in [2.05, 4.69) is 25.3 Å². The van der Waals surface area contributed by atoms with Crippen LogP contribution in [-0.4, -0.2) is 36.1 Å². The molecule has 0 saturated carbocycles. The summed E-state index contributed by atoms with van der Waals surface area (Å²) >= 11 is 0. The number of nitrogens with one attached hydrogen (secondary N) is 2. The van der Waals surface area contributed by atoms with Gasteiger partial charge in [0.05, 0.1) is 30.0 Å². The maximum atomic E-state index is 14.3. The molecule has 1 unspecified atom stereocenters. The molecule has 0 amide bonds. The molecule has 9 heteroatoms. The fraction of sp³-hybridized carbons (Fsp3) is 0.143. The summed E-state index contributed by atoms with van der Waals surface area (Å²) < 4.78 is 22.3. The summed E-state index contributed by atoms with van der Waals surface area (Å²) in [7, 11) is 0. The Morgan fingerprint density at radius 1 is 0.946 bits per heavy atom. The lowest BCUT2D eigenvalue weighted by Crippen LogP contribution is -2.19. The Balaban J connectivity index is 1.39. The highest BCUT2D eigenvalue weighted by molar-refractivity contribution is 5.82. The second kappa shape index (κ2) is 10.2. The predicted octanol–water partition coefficient (Wildman–Crippen LogP) is 5.59. The van der Waals surface area contributed by atoms with Crippen LogP contribution in [0.25, 0.3) is 27.9 Å². The van der Waals surface area contributed by atoms with Gasteiger partial charge in [-0.25, -0.2) is 24.3 Å². The molecule has 3 aromatic heterocycles. The van der Waals surface area contributed by atoms with Crippen LogP contribution < -0.4 is 5.32 Å². The summed E-state index contributed by atoms with van der Waals surface area (Å²) in [4.78, 5) is 21.0. The standard InChI is InChI=1S/C28H24FN7O/c29-20-11-12-22-24(15-20)36(21-9-5-2-6-10-21)28(35-22)23(13-14-37-16-19-7-3-1-4-8-19)34-27-25-26(31-17-30-25)32-18-33-27/h1-12,15,17-18,23H,13-14,16H2,(H2,30,31,32,33,34). The van der Waals surface area contributed by atoms with E-state index in [0.717, 1.165) is 17.1 Å². The highest BCUT2D eigenvalue weighted by Gasteiger charge is 2.23. The number of para-hydroxylation sites is 1. The van der Waals surface area contributed by atoms with Crippen molar-refractivity contribution >= 4 is 28.0 Å². The summed E-state index contributed by atoms with van der Waals surface area (Å²) in [6, 6.07) is 24.2. The highest BCUT2D eigenvalue weighted by Crippen LogP contribution is 2.30. The van der Waals surface area contributed by atoms with Crippen molar-refractivity contribution in [2.45, 2.75) is 19.1 Å². The molecule has 0 fully saturated rings. The molecule has 0 aliphatic heterocycles. The third kappa shape index (κ3) is 4.76. The zero-order valence-electron chi connectivity index (χ0n) is 19.9. The molecule has 0 spiro atoms. The Morgan fingerprint density at radius 2 is 1.76 bits per heavy atom. The van der Waals surface area contributed by atoms with Gasteiger partial charge in [-0.2, -0.15) is 0 Å². The van der Waals surface area contributed by atoms with Gasteiger partial charge < -0.3 is 15.0 Å². The van der Waals surface area contributed by atoms with Gasteiger partial charge in [0.1, 0.15) is 23.5 Å². The van der Waals surface area contributed by atoms with Crippen molar-refractivity contribution in [1.82, 2.24) is 29.5 Å². The monoisotopic (exact) mass is 493 g/mol. The van der Waals surface area contributed by atoms with Crippen LogP contribution in [0.4, 0.5) is 10.2 Å². The minimum atomic E-state index is -0.318. The van der Waals surface area contributed by atoms with Crippen LogP contribution in [-0.2, 0) is 11.3 Å². The van der Waals surface area contributed by atoms with Gasteiger partial charge in [0.25, 0.3) is 0 Å². The number of anilines is 1. The van der Waals surface area contributed by atoms with Gasteiger partial charge in [0.15, 0.2) is 11.5 Å². The summed E-state index contributed by atoms with van der Waals surface area (Å²) in [5.74, 6) is 1.01. The van der Waals surface area contributed by atoms with Crippen molar-refractivity contribution in [2.24, 2.45) is 0 Å². The molecule has 0 aliphatic rings. The number of ether oxygens (including phenoxy) is 1. The summed E-state index contributed by atoms with van der Waals surface area (Å²) in [5.41, 5.74) is 4.64. The minimum Gasteiger partial charge on any atom is -0.377 e. The Hall–Kier alpha value is -4.63. The Morgan fingerprint density at radius 3 is 2.59 bits per heavy atom. The number of rotatable bonds is 9. The smallest absolute Gasteiger partial charge is 0.182 e. The number of imidazole rings is 2. The number of nitrogens with zero attached hydrogens (tertiary/aromatic N) is 5. The van der Waals surface area contributed by atoms with Gasteiger partial charge in [0, 0.05) is 18.4 Å². The third-order valence-electron chi connectivity index (χ3n) is 6.16. The Labute approximate surface area is 212 Å². The topological polar surface area (TPSA) is 93.5 Å². The normalized spacial score (nSPS) is 12.2. The van der Waals surface area contributed by atoms with Crippen LogP contribution in [0, 0.1) is 5.82 Å². The number of benzene rings is 3. The molecule has 184 valence electrons. The quantitative estimate of drug-likeness (QED) is 0.255. The molecular weight excluding hydrogens is 469 g/mol. The summed E-state index contributed by atoms with van der Waals surface area (Å²) in [5, 5.41) is 3.53. The molecule has 2 N–H and O–H groups in total. The second-order valence-electron chi connectivity index (χ2n) is 8.62. The largest absolute Gasteiger partial charge is 0.377 e. The van der Waals surface area contributed by atoms with Crippen LogP contribution in [0.3, 0.4) is 0 Å². The average molecular weight is 494 g/mol. The molecule has 1 atom stereocenters. The van der Waals surface area contributed by atoms with E-state index in [9.17, 15) is 4.39 Å². The number of aromatic amines is 1. The lowest BCUT2D eigenvalue weighted by atomic mass is 10.1. The highest BCUT2D eigenvalue weighted by atomic mass is 19.1. The van der Waals surface area contributed by atoms with Gasteiger partial charge in [-0.1, -0.05) is 48.5 Å². The van der Waals surface area contributed by atoms with E-state index >= 15 is 0 Å². The Bertz CT molecular complexity index is 1630. The van der Waals surface area contributed by atoms with E-state index in [1.807, 2.05) is 65.2 Å². The molecule has 3 heterocycles. The minimum absolute atomic E-state index is 0.312. The first kappa shape index (κ1) is 22.8. The molecule has 0 saturated heterocycles. The van der Waals surface area contributed by atoms with Crippen LogP contribution in [0.1, 0.15) is 23.9 Å². The lowest BCUT2D eigenvalue weighted by molar-refractivity contribution is 0.115. The molecule has 0 aliphatic carbocycles. The van der Waals surface area contributed by atoms with E-state index in [-0.39, 0.29) is 11.9 Å². The van der Waals surface area contributed by atoms with E-state index in [0.29, 0.717) is 47.6 Å². The SMILES string of the molecule is Fc1ccc2nc(C(CCOCc3ccccc3)Nc3ncnc4nc[nH]c34)n(-c3ccccc3)c2c1. The fourth-order valence-electron chi connectivity index (χ4n) is 4.42. The first-order chi connectivity index (χ1) is 18.3. The fourth-order valence-corrected chi connectivity index (χ4v) is 4.42. The lowest BCUT2D eigenvalue weighted by Gasteiger charge is -2.21. The second-order valence-corrected chi connectivity index (χ2v) is 8.62. The first-order valence-corrected chi connectivity index (χ1v) is 12.0. The van der Waals surface area contributed by atoms with Crippen molar-refractivity contribution in [3.63, 3.8) is 0 Å². The number of hydrogen-bond acceptors (Lipinski definition) is 6. The van der Waals surface area contributed by atoms with E-state index in [1.165, 1.54) is 18.5 Å². The Kier molecular flexibility index (Phi) is 6.26. The van der Waals surface area contributed by atoms with Gasteiger partial charge in [0.2, 0.25) is 0 Å². The van der Waals surface area contributed by atoms with Crippen molar-refractivity contribution in [1.29, 1.82) is 0 Å². The summed E-state index contributed by atoms with van der Waals surface area (Å²) in [6.45, 7) is 0.974. The maximum absolute atomic E-state index is 14.3. The first-order valence-electron chi connectivity index (χ1n) is 12.0. The molecule has 0 radical (unpaired) electrons. The van der Waals surface area contributed by atoms with E-state index in [4.69, 9.17) is 9.72 Å². The number of aromatic nitrogens is 6. The summed E-state index contributed by atoms with van der Waals surface area (Å²) in [6.07, 6.45) is 3.65. The molecule has 8 nitrogen and oxygen atoms in total. The van der Waals surface area contributed by atoms with Crippen molar-refractivity contribution in [3.05, 3.63) is 109 Å². The van der Waals surface area contributed by atoms with Crippen molar-refractivity contribution in [3.8, 4) is 5.69 Å². The van der Waals surface area contributed by atoms with Crippen molar-refractivity contribution < 1.29 is 9.13 Å². The van der Waals surface area contributed by atoms with Crippen LogP contribution in [0.5, 0.6) is 0 Å². The van der Waals surface area contributed by atoms with Crippen LogP contribution >= 0.6 is 0 Å². The van der Waals surface area contributed by atoms with E-state index in [1.54, 1.807) is 12.4 Å². The molecule has 0 bridgehead atoms. The van der Waals surface area contributed by atoms with Crippen LogP contribution in [0.15, 0.2) is 91.5 Å². The van der Waals surface area contributed by atoms with Crippen molar-refractivity contribution in [2.75, 3.05) is 11.9 Å². The van der Waals surface area contributed by atoms with Gasteiger partial charge in [-0.05, 0) is 36.2 Å². The van der Waals surface area contributed by atoms with Gasteiger partial charge in [-0.15, -0.1) is 0 Å². The van der Waals surface area contributed by atoms with Gasteiger partial charge >= 0.3 is 0 Å². The molecule has 6 aromatic rings. The molecule has 6 rings (SSSR count). The van der Waals surface area contributed by atoms with E-state index < -0.39 is 0 Å².